The molecule has 1 fully saturated rings. The van der Waals surface area contributed by atoms with E-state index in [2.05, 4.69) is 26.7 Å². The molecule has 0 aromatic carbocycles. The first kappa shape index (κ1) is 13.8. The van der Waals surface area contributed by atoms with E-state index < -0.39 is 6.10 Å². The number of piperidine rings is 1. The number of hydrogen-bond donors (Lipinski definition) is 1. The van der Waals surface area contributed by atoms with E-state index in [0.717, 1.165) is 38.3 Å². The zero-order valence-corrected chi connectivity index (χ0v) is 12.6. The summed E-state index contributed by atoms with van der Waals surface area (Å²) in [5, 5.41) is 14.9. The lowest BCUT2D eigenvalue weighted by atomic mass is 9.92. The standard InChI is InChI=1S/C15H21N3OS/c1-17-7-5-16-15(17)14(19)13-3-2-6-18(10-13)9-12-4-8-20-11-12/h4-5,7-8,11,13-14,19H,2-3,6,9-10H2,1H3. The smallest absolute Gasteiger partial charge is 0.137 e. The lowest BCUT2D eigenvalue weighted by Gasteiger charge is -2.34. The number of aliphatic hydroxyl groups excluding tert-OH is 1. The molecule has 1 aliphatic heterocycles. The van der Waals surface area contributed by atoms with Gasteiger partial charge in [-0.25, -0.2) is 4.98 Å². The van der Waals surface area contributed by atoms with Crippen molar-refractivity contribution < 1.29 is 5.11 Å². The summed E-state index contributed by atoms with van der Waals surface area (Å²) in [6.45, 7) is 3.07. The van der Waals surface area contributed by atoms with Crippen molar-refractivity contribution in [3.8, 4) is 0 Å². The molecule has 3 heterocycles. The van der Waals surface area contributed by atoms with Crippen LogP contribution in [-0.2, 0) is 13.6 Å². The SMILES string of the molecule is Cn1ccnc1C(O)C1CCCN(Cc2ccsc2)C1. The van der Waals surface area contributed by atoms with Crippen LogP contribution in [0.4, 0.5) is 0 Å². The third kappa shape index (κ3) is 2.95. The van der Waals surface area contributed by atoms with Crippen molar-refractivity contribution in [3.05, 3.63) is 40.6 Å². The number of aromatic nitrogens is 2. The molecule has 0 radical (unpaired) electrons. The predicted molar refractivity (Wildman–Crippen MR) is 80.5 cm³/mol. The van der Waals surface area contributed by atoms with Crippen molar-refractivity contribution >= 4 is 11.3 Å². The highest BCUT2D eigenvalue weighted by atomic mass is 32.1. The summed E-state index contributed by atoms with van der Waals surface area (Å²) in [4.78, 5) is 6.73. The van der Waals surface area contributed by atoms with Crippen LogP contribution in [0.1, 0.15) is 30.3 Å². The molecule has 4 nitrogen and oxygen atoms in total. The minimum atomic E-state index is -0.458. The minimum absolute atomic E-state index is 0.281. The molecule has 108 valence electrons. The summed E-state index contributed by atoms with van der Waals surface area (Å²) in [5.74, 6) is 1.07. The van der Waals surface area contributed by atoms with Gasteiger partial charge in [-0.15, -0.1) is 0 Å². The van der Waals surface area contributed by atoms with Crippen molar-refractivity contribution in [3.63, 3.8) is 0 Å². The van der Waals surface area contributed by atoms with E-state index in [9.17, 15) is 5.11 Å². The molecule has 1 saturated heterocycles. The zero-order valence-electron chi connectivity index (χ0n) is 11.8. The number of nitrogens with zero attached hydrogens (tertiary/aromatic N) is 3. The Balaban J connectivity index is 1.64. The Hall–Kier alpha value is -1.17. The van der Waals surface area contributed by atoms with Crippen LogP contribution in [0.2, 0.25) is 0 Å². The van der Waals surface area contributed by atoms with Crippen molar-refractivity contribution in [2.24, 2.45) is 13.0 Å². The van der Waals surface area contributed by atoms with E-state index >= 15 is 0 Å². The topological polar surface area (TPSA) is 41.3 Å². The molecular weight excluding hydrogens is 270 g/mol. The number of imidazole rings is 1. The van der Waals surface area contributed by atoms with Gasteiger partial charge in [0.25, 0.3) is 0 Å². The van der Waals surface area contributed by atoms with Gasteiger partial charge < -0.3 is 9.67 Å². The quantitative estimate of drug-likeness (QED) is 0.940. The molecule has 1 aliphatic rings. The van der Waals surface area contributed by atoms with Gasteiger partial charge >= 0.3 is 0 Å². The largest absolute Gasteiger partial charge is 0.385 e. The molecule has 1 N–H and O–H groups in total. The first-order valence-corrected chi connectivity index (χ1v) is 8.07. The van der Waals surface area contributed by atoms with Crippen molar-refractivity contribution in [1.82, 2.24) is 14.5 Å². The molecule has 0 bridgehead atoms. The fourth-order valence-corrected chi connectivity index (χ4v) is 3.67. The molecule has 2 aromatic heterocycles. The Morgan fingerprint density at radius 3 is 3.15 bits per heavy atom. The van der Waals surface area contributed by atoms with Crippen LogP contribution in [-0.4, -0.2) is 32.6 Å². The van der Waals surface area contributed by atoms with Gasteiger partial charge in [0.2, 0.25) is 0 Å². The zero-order chi connectivity index (χ0) is 13.9. The first-order chi connectivity index (χ1) is 9.74. The summed E-state index contributed by atoms with van der Waals surface area (Å²) in [6, 6.07) is 2.18. The van der Waals surface area contributed by atoms with Crippen LogP contribution in [0.25, 0.3) is 0 Å². The summed E-state index contributed by atoms with van der Waals surface area (Å²) >= 11 is 1.75. The molecule has 2 unspecified atom stereocenters. The van der Waals surface area contributed by atoms with Gasteiger partial charge in [0, 0.05) is 38.4 Å². The van der Waals surface area contributed by atoms with Crippen molar-refractivity contribution in [2.45, 2.75) is 25.5 Å². The monoisotopic (exact) mass is 291 g/mol. The van der Waals surface area contributed by atoms with Gasteiger partial charge in [-0.2, -0.15) is 11.3 Å². The highest BCUT2D eigenvalue weighted by molar-refractivity contribution is 7.07. The van der Waals surface area contributed by atoms with E-state index in [1.165, 1.54) is 5.56 Å². The third-order valence-electron chi connectivity index (χ3n) is 4.10. The Morgan fingerprint density at radius 2 is 2.45 bits per heavy atom. The first-order valence-electron chi connectivity index (χ1n) is 7.13. The lowest BCUT2D eigenvalue weighted by Crippen LogP contribution is -2.37. The number of aliphatic hydroxyl groups is 1. The molecule has 0 aliphatic carbocycles. The Labute approximate surface area is 123 Å². The van der Waals surface area contributed by atoms with Gasteiger partial charge in [0.05, 0.1) is 0 Å². The van der Waals surface area contributed by atoms with Gasteiger partial charge in [0.1, 0.15) is 11.9 Å². The van der Waals surface area contributed by atoms with E-state index in [1.807, 2.05) is 17.8 Å². The fraction of sp³-hybridized carbons (Fsp3) is 0.533. The number of rotatable bonds is 4. The van der Waals surface area contributed by atoms with Gasteiger partial charge in [0.15, 0.2) is 0 Å². The Kier molecular flexibility index (Phi) is 4.19. The van der Waals surface area contributed by atoms with E-state index in [0.29, 0.717) is 0 Å². The van der Waals surface area contributed by atoms with Crippen LogP contribution in [0.5, 0.6) is 0 Å². The Bertz CT molecular complexity index is 537. The maximum absolute atomic E-state index is 10.6. The van der Waals surface area contributed by atoms with Gasteiger partial charge in [-0.1, -0.05) is 0 Å². The number of likely N-dealkylation sites (tertiary alicyclic amines) is 1. The molecule has 3 rings (SSSR count). The average molecular weight is 291 g/mol. The van der Waals surface area contributed by atoms with Crippen molar-refractivity contribution in [2.75, 3.05) is 13.1 Å². The minimum Gasteiger partial charge on any atom is -0.385 e. The van der Waals surface area contributed by atoms with E-state index in [-0.39, 0.29) is 5.92 Å². The van der Waals surface area contributed by atoms with Crippen LogP contribution < -0.4 is 0 Å². The molecule has 5 heteroatoms. The summed E-state index contributed by atoms with van der Waals surface area (Å²) < 4.78 is 1.92. The van der Waals surface area contributed by atoms with Crippen LogP contribution >= 0.6 is 11.3 Å². The summed E-state index contributed by atoms with van der Waals surface area (Å²) in [5.41, 5.74) is 1.38. The molecule has 0 amide bonds. The van der Waals surface area contributed by atoms with Crippen LogP contribution in [0.3, 0.4) is 0 Å². The molecule has 0 saturated carbocycles. The fourth-order valence-electron chi connectivity index (χ4n) is 3.01. The summed E-state index contributed by atoms with van der Waals surface area (Å²) in [7, 11) is 1.94. The maximum atomic E-state index is 10.6. The number of hydrogen-bond acceptors (Lipinski definition) is 4. The molecule has 2 atom stereocenters. The number of thiophene rings is 1. The molecule has 2 aromatic rings. The van der Waals surface area contributed by atoms with Crippen LogP contribution in [0, 0.1) is 5.92 Å². The summed E-state index contributed by atoms with van der Waals surface area (Å²) in [6.07, 6.45) is 5.42. The number of aryl methyl sites for hydroxylation is 1. The average Bonchev–Trinajstić information content (AvgIpc) is 3.10. The predicted octanol–water partition coefficient (Wildman–Crippen LogP) is 2.43. The highest BCUT2D eigenvalue weighted by Crippen LogP contribution is 2.29. The second-order valence-corrected chi connectivity index (χ2v) is 6.39. The lowest BCUT2D eigenvalue weighted by molar-refractivity contribution is 0.0405. The van der Waals surface area contributed by atoms with E-state index in [4.69, 9.17) is 0 Å². The third-order valence-corrected chi connectivity index (χ3v) is 4.83. The van der Waals surface area contributed by atoms with Gasteiger partial charge in [-0.3, -0.25) is 4.90 Å². The van der Waals surface area contributed by atoms with Crippen LogP contribution in [0.15, 0.2) is 29.2 Å². The normalized spacial score (nSPS) is 22.0. The second kappa shape index (κ2) is 6.08. The second-order valence-electron chi connectivity index (χ2n) is 5.61. The molecule has 20 heavy (non-hydrogen) atoms. The highest BCUT2D eigenvalue weighted by Gasteiger charge is 2.29. The van der Waals surface area contributed by atoms with Gasteiger partial charge in [-0.05, 0) is 41.8 Å². The van der Waals surface area contributed by atoms with E-state index in [1.54, 1.807) is 17.5 Å². The molecular formula is C15H21N3OS. The maximum Gasteiger partial charge on any atom is 0.137 e. The van der Waals surface area contributed by atoms with Crippen molar-refractivity contribution in [1.29, 1.82) is 0 Å². The Morgan fingerprint density at radius 1 is 1.55 bits per heavy atom. The molecule has 0 spiro atoms.